The van der Waals surface area contributed by atoms with Gasteiger partial charge in [0, 0.05) is 4.70 Å². The number of ether oxygens (including phenoxy) is 1. The summed E-state index contributed by atoms with van der Waals surface area (Å²) < 4.78 is 5.43. The Labute approximate surface area is 130 Å². The number of aliphatic hydroxyl groups excluding tert-OH is 2. The minimum absolute atomic E-state index is 0.148. The van der Waals surface area contributed by atoms with Crippen LogP contribution in [0, 0.1) is 0 Å². The highest BCUT2D eigenvalue weighted by atomic mass is 32.1. The van der Waals surface area contributed by atoms with Gasteiger partial charge in [0.15, 0.2) is 0 Å². The Morgan fingerprint density at radius 3 is 2.68 bits per heavy atom. The van der Waals surface area contributed by atoms with Crippen LogP contribution in [0.15, 0.2) is 24.3 Å². The van der Waals surface area contributed by atoms with Crippen molar-refractivity contribution in [3.63, 3.8) is 0 Å². The molecule has 0 aliphatic rings. The molecule has 7 heteroatoms. The molecule has 3 N–H and O–H groups in total. The molecular formula is C15H16O6S. The van der Waals surface area contributed by atoms with Crippen LogP contribution in [-0.2, 0) is 9.53 Å². The van der Waals surface area contributed by atoms with Gasteiger partial charge >= 0.3 is 11.9 Å². The second-order valence-electron chi connectivity index (χ2n) is 4.70. The van der Waals surface area contributed by atoms with Crippen molar-refractivity contribution in [1.82, 2.24) is 0 Å². The van der Waals surface area contributed by atoms with Gasteiger partial charge < -0.3 is 20.1 Å². The van der Waals surface area contributed by atoms with Crippen LogP contribution in [-0.4, -0.2) is 40.0 Å². The summed E-state index contributed by atoms with van der Waals surface area (Å²) in [5.41, 5.74) is 0.387. The van der Waals surface area contributed by atoms with E-state index in [0.717, 1.165) is 11.3 Å². The molecule has 0 fully saturated rings. The number of carboxylic acid groups (broad SMARTS) is 1. The van der Waals surface area contributed by atoms with Crippen LogP contribution in [0.3, 0.4) is 0 Å². The molecule has 0 saturated heterocycles. The van der Waals surface area contributed by atoms with Gasteiger partial charge in [-0.25, -0.2) is 4.79 Å². The predicted octanol–water partition coefficient (Wildman–Crippen LogP) is 1.95. The van der Waals surface area contributed by atoms with Crippen molar-refractivity contribution in [1.29, 1.82) is 0 Å². The zero-order chi connectivity index (χ0) is 16.3. The summed E-state index contributed by atoms with van der Waals surface area (Å²) in [6.45, 7) is 1.85. The minimum Gasteiger partial charge on any atom is -0.477 e. The van der Waals surface area contributed by atoms with Gasteiger partial charge in [-0.3, -0.25) is 4.79 Å². The summed E-state index contributed by atoms with van der Waals surface area (Å²) in [6, 6.07) is 6.46. The highest BCUT2D eigenvalue weighted by Crippen LogP contribution is 2.33. The number of benzene rings is 1. The van der Waals surface area contributed by atoms with Crippen molar-refractivity contribution in [3.8, 4) is 0 Å². The number of hydrogen-bond acceptors (Lipinski definition) is 6. The third kappa shape index (κ3) is 3.44. The van der Waals surface area contributed by atoms with Crippen LogP contribution in [0.25, 0.3) is 10.1 Å². The van der Waals surface area contributed by atoms with E-state index in [1.807, 2.05) is 0 Å². The van der Waals surface area contributed by atoms with E-state index in [0.29, 0.717) is 15.6 Å². The molecule has 2 rings (SSSR count). The fourth-order valence-electron chi connectivity index (χ4n) is 2.16. The Bertz CT molecular complexity index is 692. The molecule has 0 saturated carbocycles. The second kappa shape index (κ2) is 6.87. The predicted molar refractivity (Wildman–Crippen MR) is 81.0 cm³/mol. The van der Waals surface area contributed by atoms with Crippen molar-refractivity contribution in [2.75, 3.05) is 6.61 Å². The van der Waals surface area contributed by atoms with Crippen LogP contribution in [0.4, 0.5) is 0 Å². The standard InChI is InChI=1S/C15H16O6S/c1-2-21-13(17)7-10(16)14(18)8-4-3-5-11-9(8)6-12(22-11)15(19)20/h3-6,10,14,16,18H,2,7H2,1H3,(H,19,20). The first-order valence-electron chi connectivity index (χ1n) is 6.71. The molecule has 1 heterocycles. The SMILES string of the molecule is CCOC(=O)CC(O)C(O)c1cccc2sc(C(=O)O)cc12. The van der Waals surface area contributed by atoms with Gasteiger partial charge in [0.1, 0.15) is 11.0 Å². The molecule has 0 bridgehead atoms. The lowest BCUT2D eigenvalue weighted by Gasteiger charge is -2.18. The van der Waals surface area contributed by atoms with Gasteiger partial charge in [-0.15, -0.1) is 11.3 Å². The number of aromatic carboxylic acids is 1. The normalized spacial score (nSPS) is 13.8. The van der Waals surface area contributed by atoms with E-state index in [9.17, 15) is 19.8 Å². The van der Waals surface area contributed by atoms with Crippen LogP contribution < -0.4 is 0 Å². The van der Waals surface area contributed by atoms with Gasteiger partial charge in [0.05, 0.1) is 19.1 Å². The molecule has 0 radical (unpaired) electrons. The molecular weight excluding hydrogens is 308 g/mol. The maximum absolute atomic E-state index is 11.4. The Morgan fingerprint density at radius 1 is 1.32 bits per heavy atom. The van der Waals surface area contributed by atoms with Crippen molar-refractivity contribution < 1.29 is 29.6 Å². The second-order valence-corrected chi connectivity index (χ2v) is 5.78. The number of fused-ring (bicyclic) bond motifs is 1. The molecule has 1 aromatic carbocycles. The lowest BCUT2D eigenvalue weighted by molar-refractivity contribution is -0.147. The first-order chi connectivity index (χ1) is 10.4. The third-order valence-corrected chi connectivity index (χ3v) is 4.26. The van der Waals surface area contributed by atoms with E-state index in [4.69, 9.17) is 9.84 Å². The van der Waals surface area contributed by atoms with E-state index in [1.165, 1.54) is 6.07 Å². The van der Waals surface area contributed by atoms with Crippen LogP contribution >= 0.6 is 11.3 Å². The van der Waals surface area contributed by atoms with Crippen molar-refractivity contribution >= 4 is 33.4 Å². The van der Waals surface area contributed by atoms with Crippen molar-refractivity contribution in [2.45, 2.75) is 25.6 Å². The lowest BCUT2D eigenvalue weighted by Crippen LogP contribution is -2.23. The maximum Gasteiger partial charge on any atom is 0.345 e. The molecule has 0 aliphatic heterocycles. The van der Waals surface area contributed by atoms with E-state index in [-0.39, 0.29) is 17.9 Å². The summed E-state index contributed by atoms with van der Waals surface area (Å²) in [5, 5.41) is 29.8. The number of carboxylic acids is 1. The Balaban J connectivity index is 2.29. The molecule has 0 amide bonds. The van der Waals surface area contributed by atoms with Gasteiger partial charge in [-0.1, -0.05) is 12.1 Å². The first-order valence-corrected chi connectivity index (χ1v) is 7.53. The van der Waals surface area contributed by atoms with Gasteiger partial charge in [0.25, 0.3) is 0 Å². The monoisotopic (exact) mass is 324 g/mol. The number of esters is 1. The number of carbonyl (C=O) groups excluding carboxylic acids is 1. The average molecular weight is 324 g/mol. The fourth-order valence-corrected chi connectivity index (χ4v) is 3.09. The Kier molecular flexibility index (Phi) is 5.12. The molecule has 1 aromatic heterocycles. The molecule has 2 unspecified atom stereocenters. The fraction of sp³-hybridized carbons (Fsp3) is 0.333. The maximum atomic E-state index is 11.4. The molecule has 2 atom stereocenters. The lowest BCUT2D eigenvalue weighted by atomic mass is 9.99. The van der Waals surface area contributed by atoms with E-state index in [2.05, 4.69) is 0 Å². The molecule has 6 nitrogen and oxygen atoms in total. The summed E-state index contributed by atoms with van der Waals surface area (Å²) in [6.07, 6.45) is -2.96. The number of aliphatic hydroxyl groups is 2. The highest BCUT2D eigenvalue weighted by Gasteiger charge is 2.24. The highest BCUT2D eigenvalue weighted by molar-refractivity contribution is 7.20. The zero-order valence-corrected chi connectivity index (χ0v) is 12.7. The molecule has 2 aromatic rings. The quantitative estimate of drug-likeness (QED) is 0.702. The Hall–Kier alpha value is -1.96. The molecule has 22 heavy (non-hydrogen) atoms. The van der Waals surface area contributed by atoms with E-state index >= 15 is 0 Å². The van der Waals surface area contributed by atoms with Crippen molar-refractivity contribution in [3.05, 3.63) is 34.7 Å². The number of hydrogen-bond donors (Lipinski definition) is 3. The summed E-state index contributed by atoms with van der Waals surface area (Å²) in [7, 11) is 0. The van der Waals surface area contributed by atoms with E-state index < -0.39 is 24.1 Å². The van der Waals surface area contributed by atoms with Crippen molar-refractivity contribution in [2.24, 2.45) is 0 Å². The van der Waals surface area contributed by atoms with E-state index in [1.54, 1.807) is 25.1 Å². The van der Waals surface area contributed by atoms with Gasteiger partial charge in [-0.05, 0) is 30.0 Å². The van der Waals surface area contributed by atoms with Crippen LogP contribution in [0.2, 0.25) is 0 Å². The van der Waals surface area contributed by atoms with Crippen LogP contribution in [0.5, 0.6) is 0 Å². The average Bonchev–Trinajstić information content (AvgIpc) is 2.90. The van der Waals surface area contributed by atoms with Crippen LogP contribution in [0.1, 0.15) is 34.7 Å². The number of thiophene rings is 1. The minimum atomic E-state index is -1.32. The first kappa shape index (κ1) is 16.4. The summed E-state index contributed by atoms with van der Waals surface area (Å²) in [4.78, 5) is 22.6. The molecule has 118 valence electrons. The summed E-state index contributed by atoms with van der Waals surface area (Å²) >= 11 is 1.09. The smallest absolute Gasteiger partial charge is 0.345 e. The van der Waals surface area contributed by atoms with Gasteiger partial charge in [0.2, 0.25) is 0 Å². The zero-order valence-electron chi connectivity index (χ0n) is 11.9. The molecule has 0 spiro atoms. The third-order valence-electron chi connectivity index (χ3n) is 3.17. The summed E-state index contributed by atoms with van der Waals surface area (Å²) in [5.74, 6) is -1.65. The number of rotatable bonds is 6. The topological polar surface area (TPSA) is 104 Å². The molecule has 0 aliphatic carbocycles. The van der Waals surface area contributed by atoms with Gasteiger partial charge in [-0.2, -0.15) is 0 Å². The Morgan fingerprint density at radius 2 is 2.05 bits per heavy atom. The largest absolute Gasteiger partial charge is 0.477 e. The number of carbonyl (C=O) groups is 2.